The van der Waals surface area contributed by atoms with Crippen molar-refractivity contribution in [2.45, 2.75) is 32.2 Å². The molecule has 0 atom stereocenters. The van der Waals surface area contributed by atoms with Crippen LogP contribution in [0.5, 0.6) is 0 Å². The number of fused-ring (bicyclic) bond motifs is 2. The number of hydrogen-bond donors (Lipinski definition) is 1. The van der Waals surface area contributed by atoms with Crippen LogP contribution < -0.4 is 15.1 Å². The van der Waals surface area contributed by atoms with Gasteiger partial charge in [-0.1, -0.05) is 100 Å². The van der Waals surface area contributed by atoms with Gasteiger partial charge in [0.15, 0.2) is 0 Å². The molecule has 5 heteroatoms. The zero-order valence-corrected chi connectivity index (χ0v) is 19.1. The number of benzene rings is 4. The summed E-state index contributed by atoms with van der Waals surface area (Å²) in [7, 11) is -4.14. The van der Waals surface area contributed by atoms with Crippen molar-refractivity contribution in [3.63, 3.8) is 0 Å². The minimum atomic E-state index is -4.14. The van der Waals surface area contributed by atoms with Gasteiger partial charge in [-0.2, -0.15) is 0 Å². The highest BCUT2D eigenvalue weighted by molar-refractivity contribution is 7.47. The van der Waals surface area contributed by atoms with Crippen molar-refractivity contribution >= 4 is 34.8 Å². The van der Waals surface area contributed by atoms with Crippen LogP contribution in [0.15, 0.2) is 84.9 Å². The van der Waals surface area contributed by atoms with Gasteiger partial charge < -0.3 is 19.7 Å². The molecule has 4 nitrogen and oxygen atoms in total. The fraction of sp³-hybridized carbons (Fsp3) is 0.231. The van der Waals surface area contributed by atoms with Crippen molar-refractivity contribution in [2.24, 2.45) is 0 Å². The van der Waals surface area contributed by atoms with E-state index in [0.29, 0.717) is 6.66 Å². The summed E-state index contributed by atoms with van der Waals surface area (Å²) in [5, 5.41) is 9.13. The van der Waals surface area contributed by atoms with E-state index in [1.165, 1.54) is 32.8 Å². The lowest BCUT2D eigenvalue weighted by Crippen LogP contribution is -2.34. The van der Waals surface area contributed by atoms with Gasteiger partial charge in [0.2, 0.25) is 0 Å². The van der Waals surface area contributed by atoms with Crippen LogP contribution in [0.2, 0.25) is 0 Å². The molecule has 0 fully saturated rings. The van der Waals surface area contributed by atoms with Gasteiger partial charge in [0, 0.05) is 10.8 Å². The van der Waals surface area contributed by atoms with Gasteiger partial charge >= 0.3 is 0 Å². The van der Waals surface area contributed by atoms with Crippen LogP contribution in [0.4, 0.5) is 5.69 Å². The zero-order chi connectivity index (χ0) is 22.5. The summed E-state index contributed by atoms with van der Waals surface area (Å²) < 4.78 is 9.10. The fourth-order valence-corrected chi connectivity index (χ4v) is 4.05. The van der Waals surface area contributed by atoms with E-state index in [1.54, 1.807) is 0 Å². The molecule has 4 aromatic rings. The lowest BCUT2D eigenvalue weighted by Gasteiger charge is -2.36. The molecule has 4 rings (SSSR count). The first kappa shape index (κ1) is 23.0. The Labute approximate surface area is 184 Å². The van der Waals surface area contributed by atoms with Gasteiger partial charge in [-0.15, -0.1) is 0 Å². The second-order valence-electron chi connectivity index (χ2n) is 7.75. The molecule has 0 aliphatic rings. The van der Waals surface area contributed by atoms with E-state index in [-0.39, 0.29) is 5.54 Å². The van der Waals surface area contributed by atoms with E-state index in [4.69, 9.17) is 14.4 Å². The third-order valence-corrected chi connectivity index (χ3v) is 5.67. The molecule has 0 aliphatic carbocycles. The molecule has 0 amide bonds. The molecule has 31 heavy (non-hydrogen) atoms. The maximum atomic E-state index is 9.10. The summed E-state index contributed by atoms with van der Waals surface area (Å²) in [6.45, 7) is 5.18. The standard InChI is InChI=1S/C25H25N.CH5O3P/c1-3-25(4-2,21-14-6-5-7-15-21)26-24-22-16-10-8-12-19(22)18-20-13-9-11-17-23(20)24;1-5(2,3)4/h5-18,26H,3-4H2,1-2H3;1H3,(H2,2,3,4)/p-2. The molecule has 1 N–H and O–H groups in total. The number of nitrogens with one attached hydrogen (secondary N) is 1. The fourth-order valence-electron chi connectivity index (χ4n) is 4.05. The van der Waals surface area contributed by atoms with E-state index >= 15 is 0 Å². The lowest BCUT2D eigenvalue weighted by molar-refractivity contribution is -0.311. The Morgan fingerprint density at radius 1 is 0.774 bits per heavy atom. The molecule has 0 spiro atoms. The normalized spacial score (nSPS) is 11.8. The molecule has 0 radical (unpaired) electrons. The van der Waals surface area contributed by atoms with Gasteiger partial charge in [-0.25, -0.2) is 0 Å². The van der Waals surface area contributed by atoms with Crippen LogP contribution in [0.3, 0.4) is 0 Å². The van der Waals surface area contributed by atoms with E-state index in [2.05, 4.69) is 104 Å². The van der Waals surface area contributed by atoms with Crippen LogP contribution in [0, 0.1) is 0 Å². The van der Waals surface area contributed by atoms with Gasteiger partial charge in [-0.3, -0.25) is 0 Å². The molecule has 162 valence electrons. The average Bonchev–Trinajstić information content (AvgIpc) is 2.76. The first-order valence-electron chi connectivity index (χ1n) is 10.5. The van der Waals surface area contributed by atoms with Crippen LogP contribution >= 0.6 is 7.60 Å². The average molecular weight is 433 g/mol. The maximum Gasteiger partial charge on any atom is 0.0620 e. The van der Waals surface area contributed by atoms with Crippen LogP contribution in [0.25, 0.3) is 21.5 Å². The predicted molar refractivity (Wildman–Crippen MR) is 127 cm³/mol. The van der Waals surface area contributed by atoms with Crippen molar-refractivity contribution in [3.8, 4) is 0 Å². The summed E-state index contributed by atoms with van der Waals surface area (Å²) in [5.74, 6) is 0. The highest BCUT2D eigenvalue weighted by Gasteiger charge is 2.29. The van der Waals surface area contributed by atoms with Crippen LogP contribution in [-0.4, -0.2) is 6.66 Å². The SMILES string of the molecule is CCC(CC)(Nc1c2ccccc2cc2ccccc12)c1ccccc1.CP(=O)([O-])[O-]. The Balaban J connectivity index is 0.000000491. The van der Waals surface area contributed by atoms with Crippen molar-refractivity contribution in [2.75, 3.05) is 12.0 Å². The van der Waals surface area contributed by atoms with E-state index in [9.17, 15) is 0 Å². The first-order chi connectivity index (χ1) is 14.8. The predicted octanol–water partition coefficient (Wildman–Crippen LogP) is 5.65. The minimum absolute atomic E-state index is 0.0752. The maximum absolute atomic E-state index is 9.10. The van der Waals surface area contributed by atoms with Gasteiger partial charge in [0.25, 0.3) is 0 Å². The second kappa shape index (κ2) is 9.65. The minimum Gasteiger partial charge on any atom is -0.811 e. The molecule has 0 aromatic heterocycles. The summed E-state index contributed by atoms with van der Waals surface area (Å²) in [6, 6.07) is 30.5. The van der Waals surface area contributed by atoms with Crippen molar-refractivity contribution in [3.05, 3.63) is 90.5 Å². The molecule has 0 bridgehead atoms. The summed E-state index contributed by atoms with van der Waals surface area (Å²) in [6.07, 6.45) is 2.07. The second-order valence-corrected chi connectivity index (χ2v) is 9.29. The molecule has 0 saturated heterocycles. The summed E-state index contributed by atoms with van der Waals surface area (Å²) in [5.41, 5.74) is 2.52. The summed E-state index contributed by atoms with van der Waals surface area (Å²) >= 11 is 0. The highest BCUT2D eigenvalue weighted by atomic mass is 31.2. The number of rotatable bonds is 5. The Hall–Kier alpha value is -2.65. The van der Waals surface area contributed by atoms with Crippen molar-refractivity contribution in [1.29, 1.82) is 0 Å². The summed E-state index contributed by atoms with van der Waals surface area (Å²) in [4.78, 5) is 18.2. The first-order valence-corrected chi connectivity index (χ1v) is 12.5. The highest BCUT2D eigenvalue weighted by Crippen LogP contribution is 2.39. The zero-order valence-electron chi connectivity index (χ0n) is 18.2. The Kier molecular flexibility index (Phi) is 7.17. The largest absolute Gasteiger partial charge is 0.811 e. The lowest BCUT2D eigenvalue weighted by atomic mass is 9.83. The Morgan fingerprint density at radius 2 is 1.19 bits per heavy atom. The van der Waals surface area contributed by atoms with Crippen molar-refractivity contribution < 1.29 is 14.4 Å². The molecule has 0 saturated carbocycles. The monoisotopic (exact) mass is 433 g/mol. The topological polar surface area (TPSA) is 75.2 Å². The van der Waals surface area contributed by atoms with Crippen molar-refractivity contribution in [1.82, 2.24) is 0 Å². The molecular formula is C26H28NO3P-2. The Morgan fingerprint density at radius 3 is 1.65 bits per heavy atom. The van der Waals surface area contributed by atoms with Gasteiger partial charge in [0.05, 0.1) is 11.2 Å². The van der Waals surface area contributed by atoms with E-state index < -0.39 is 7.60 Å². The van der Waals surface area contributed by atoms with Crippen LogP contribution in [0.1, 0.15) is 32.3 Å². The van der Waals surface area contributed by atoms with Gasteiger partial charge in [-0.05, 0) is 41.9 Å². The molecular weight excluding hydrogens is 405 g/mol. The molecule has 0 unspecified atom stereocenters. The van der Waals surface area contributed by atoms with E-state index in [0.717, 1.165) is 12.8 Å². The Bertz CT molecular complexity index is 1130. The number of hydrogen-bond acceptors (Lipinski definition) is 4. The number of anilines is 1. The molecule has 0 heterocycles. The third-order valence-electron chi connectivity index (χ3n) is 5.67. The quantitative estimate of drug-likeness (QED) is 0.326. The van der Waals surface area contributed by atoms with Gasteiger partial charge in [0.1, 0.15) is 0 Å². The van der Waals surface area contributed by atoms with Crippen LogP contribution in [-0.2, 0) is 10.1 Å². The molecule has 4 aromatic carbocycles. The smallest absolute Gasteiger partial charge is 0.0620 e. The van der Waals surface area contributed by atoms with E-state index in [1.807, 2.05) is 0 Å². The molecule has 0 aliphatic heterocycles. The third kappa shape index (κ3) is 5.54.